The molecule has 2 aromatic carbocycles. The van der Waals surface area contributed by atoms with E-state index in [0.717, 1.165) is 28.6 Å². The maximum Gasteiger partial charge on any atom is 0.225 e. The molecule has 1 heterocycles. The molecule has 0 aliphatic rings. The number of nitrogens with one attached hydrogen (secondary N) is 1. The molecule has 3 aromatic rings. The van der Waals surface area contributed by atoms with Crippen molar-refractivity contribution in [3.63, 3.8) is 0 Å². The Morgan fingerprint density at radius 1 is 1.05 bits per heavy atom. The number of anilines is 2. The second-order valence-corrected chi connectivity index (χ2v) is 4.94. The average Bonchev–Trinajstić information content (AvgIpc) is 2.55. The molecule has 0 amide bonds. The SMILES string of the molecule is COc1ccccc1CCNc1nc(N)c2ccccc2n1. The predicted octanol–water partition coefficient (Wildman–Crippen LogP) is 2.88. The zero-order valence-electron chi connectivity index (χ0n) is 12.4. The third-order valence-electron chi connectivity index (χ3n) is 3.50. The molecule has 1 aromatic heterocycles. The molecule has 0 radical (unpaired) electrons. The lowest BCUT2D eigenvalue weighted by Gasteiger charge is -2.10. The molecule has 22 heavy (non-hydrogen) atoms. The van der Waals surface area contributed by atoms with Crippen molar-refractivity contribution in [2.45, 2.75) is 6.42 Å². The van der Waals surface area contributed by atoms with Gasteiger partial charge in [0.15, 0.2) is 0 Å². The number of methoxy groups -OCH3 is 1. The molecule has 0 aliphatic heterocycles. The smallest absolute Gasteiger partial charge is 0.225 e. The summed E-state index contributed by atoms with van der Waals surface area (Å²) in [7, 11) is 1.68. The molecule has 0 saturated carbocycles. The average molecular weight is 294 g/mol. The van der Waals surface area contributed by atoms with Crippen molar-refractivity contribution < 1.29 is 4.74 Å². The Morgan fingerprint density at radius 3 is 2.68 bits per heavy atom. The number of nitrogens with zero attached hydrogens (tertiary/aromatic N) is 2. The molecule has 0 aliphatic carbocycles. The Morgan fingerprint density at radius 2 is 1.82 bits per heavy atom. The van der Waals surface area contributed by atoms with Crippen LogP contribution >= 0.6 is 0 Å². The Labute approximate surface area is 129 Å². The third-order valence-corrected chi connectivity index (χ3v) is 3.50. The van der Waals surface area contributed by atoms with E-state index in [1.807, 2.05) is 42.5 Å². The first-order valence-electron chi connectivity index (χ1n) is 7.16. The topological polar surface area (TPSA) is 73.1 Å². The highest BCUT2D eigenvalue weighted by Gasteiger charge is 2.05. The van der Waals surface area contributed by atoms with Crippen LogP contribution in [-0.2, 0) is 6.42 Å². The molecule has 0 bridgehead atoms. The molecule has 5 heteroatoms. The van der Waals surface area contributed by atoms with E-state index in [1.165, 1.54) is 0 Å². The predicted molar refractivity (Wildman–Crippen MR) is 89.1 cm³/mol. The number of nitrogen functional groups attached to an aromatic ring is 1. The standard InChI is InChI=1S/C17H18N4O/c1-22-15-9-5-2-6-12(15)10-11-19-17-20-14-8-4-3-7-13(14)16(18)21-17/h2-9H,10-11H2,1H3,(H3,18,19,20,21). The molecule has 0 atom stereocenters. The van der Waals surface area contributed by atoms with Crippen molar-refractivity contribution in [2.75, 3.05) is 24.7 Å². The highest BCUT2D eigenvalue weighted by atomic mass is 16.5. The van der Waals surface area contributed by atoms with Gasteiger partial charge in [-0.1, -0.05) is 30.3 Å². The van der Waals surface area contributed by atoms with E-state index in [9.17, 15) is 0 Å². The van der Waals surface area contributed by atoms with Gasteiger partial charge >= 0.3 is 0 Å². The summed E-state index contributed by atoms with van der Waals surface area (Å²) < 4.78 is 5.35. The summed E-state index contributed by atoms with van der Waals surface area (Å²) in [6.45, 7) is 0.707. The summed E-state index contributed by atoms with van der Waals surface area (Å²) in [5.74, 6) is 1.93. The molecule has 0 spiro atoms. The number of hydrogen-bond donors (Lipinski definition) is 2. The molecule has 0 fully saturated rings. The normalized spacial score (nSPS) is 10.6. The lowest BCUT2D eigenvalue weighted by atomic mass is 10.1. The minimum atomic E-state index is 0.491. The zero-order valence-corrected chi connectivity index (χ0v) is 12.4. The summed E-state index contributed by atoms with van der Waals surface area (Å²) >= 11 is 0. The van der Waals surface area contributed by atoms with E-state index in [0.29, 0.717) is 18.3 Å². The van der Waals surface area contributed by atoms with Gasteiger partial charge in [-0.25, -0.2) is 4.98 Å². The van der Waals surface area contributed by atoms with Crippen LogP contribution in [0.1, 0.15) is 5.56 Å². The Bertz CT molecular complexity index is 788. The second kappa shape index (κ2) is 6.30. The van der Waals surface area contributed by atoms with Gasteiger partial charge in [-0.3, -0.25) is 0 Å². The van der Waals surface area contributed by atoms with Crippen LogP contribution in [0.3, 0.4) is 0 Å². The highest BCUT2D eigenvalue weighted by molar-refractivity contribution is 5.88. The maximum atomic E-state index is 5.97. The number of aromatic nitrogens is 2. The van der Waals surface area contributed by atoms with Gasteiger partial charge in [0.25, 0.3) is 0 Å². The van der Waals surface area contributed by atoms with Gasteiger partial charge in [-0.15, -0.1) is 0 Å². The minimum absolute atomic E-state index is 0.491. The zero-order chi connectivity index (χ0) is 15.4. The highest BCUT2D eigenvalue weighted by Crippen LogP contribution is 2.20. The fraction of sp³-hybridized carbons (Fsp3) is 0.176. The van der Waals surface area contributed by atoms with Crippen LogP contribution in [0.2, 0.25) is 0 Å². The van der Waals surface area contributed by atoms with E-state index >= 15 is 0 Å². The van der Waals surface area contributed by atoms with Gasteiger partial charge in [0.2, 0.25) is 5.95 Å². The van der Waals surface area contributed by atoms with E-state index in [4.69, 9.17) is 10.5 Å². The Hall–Kier alpha value is -2.82. The molecular weight excluding hydrogens is 276 g/mol. The first kappa shape index (κ1) is 14.1. The lowest BCUT2D eigenvalue weighted by molar-refractivity contribution is 0.410. The maximum absolute atomic E-state index is 5.97. The number of rotatable bonds is 5. The number of fused-ring (bicyclic) bond motifs is 1. The summed E-state index contributed by atoms with van der Waals surface area (Å²) in [5, 5.41) is 4.09. The molecular formula is C17H18N4O. The monoisotopic (exact) mass is 294 g/mol. The lowest BCUT2D eigenvalue weighted by Crippen LogP contribution is -2.10. The fourth-order valence-electron chi connectivity index (χ4n) is 2.40. The van der Waals surface area contributed by atoms with Crippen LogP contribution in [-0.4, -0.2) is 23.6 Å². The van der Waals surface area contributed by atoms with E-state index in [2.05, 4.69) is 21.4 Å². The van der Waals surface area contributed by atoms with Crippen molar-refractivity contribution in [3.8, 4) is 5.75 Å². The molecule has 3 rings (SSSR count). The van der Waals surface area contributed by atoms with Crippen molar-refractivity contribution >= 4 is 22.7 Å². The van der Waals surface area contributed by atoms with Crippen LogP contribution in [0.5, 0.6) is 5.75 Å². The van der Waals surface area contributed by atoms with Crippen LogP contribution in [0.25, 0.3) is 10.9 Å². The molecule has 0 saturated heterocycles. The van der Waals surface area contributed by atoms with Crippen LogP contribution in [0.15, 0.2) is 48.5 Å². The van der Waals surface area contributed by atoms with Crippen LogP contribution in [0.4, 0.5) is 11.8 Å². The number of ether oxygens (including phenoxy) is 1. The van der Waals surface area contributed by atoms with Gasteiger partial charge in [0, 0.05) is 11.9 Å². The van der Waals surface area contributed by atoms with E-state index in [1.54, 1.807) is 7.11 Å². The van der Waals surface area contributed by atoms with Gasteiger partial charge < -0.3 is 15.8 Å². The summed E-state index contributed by atoms with van der Waals surface area (Å²) in [6, 6.07) is 15.7. The van der Waals surface area contributed by atoms with Crippen LogP contribution < -0.4 is 15.8 Å². The number of nitrogens with two attached hydrogens (primary N) is 1. The van der Waals surface area contributed by atoms with E-state index in [-0.39, 0.29) is 0 Å². The summed E-state index contributed by atoms with van der Waals surface area (Å²) in [5.41, 5.74) is 7.96. The number of para-hydroxylation sites is 2. The summed E-state index contributed by atoms with van der Waals surface area (Å²) in [6.07, 6.45) is 0.820. The first-order chi connectivity index (χ1) is 10.8. The molecule has 112 valence electrons. The van der Waals surface area contributed by atoms with Gasteiger partial charge in [-0.05, 0) is 30.2 Å². The van der Waals surface area contributed by atoms with E-state index < -0.39 is 0 Å². The van der Waals surface area contributed by atoms with Crippen molar-refractivity contribution in [1.82, 2.24) is 9.97 Å². The minimum Gasteiger partial charge on any atom is -0.496 e. The van der Waals surface area contributed by atoms with Gasteiger partial charge in [0.05, 0.1) is 12.6 Å². The Kier molecular flexibility index (Phi) is 4.05. The van der Waals surface area contributed by atoms with Crippen molar-refractivity contribution in [3.05, 3.63) is 54.1 Å². The fourth-order valence-corrected chi connectivity index (χ4v) is 2.40. The van der Waals surface area contributed by atoms with Crippen molar-refractivity contribution in [1.29, 1.82) is 0 Å². The van der Waals surface area contributed by atoms with Crippen molar-refractivity contribution in [2.24, 2.45) is 0 Å². The molecule has 5 nitrogen and oxygen atoms in total. The quantitative estimate of drug-likeness (QED) is 0.757. The molecule has 3 N–H and O–H groups in total. The largest absolute Gasteiger partial charge is 0.496 e. The number of benzene rings is 2. The second-order valence-electron chi connectivity index (χ2n) is 4.94. The summed E-state index contributed by atoms with van der Waals surface area (Å²) in [4.78, 5) is 8.78. The van der Waals surface area contributed by atoms with Gasteiger partial charge in [0.1, 0.15) is 11.6 Å². The number of hydrogen-bond acceptors (Lipinski definition) is 5. The molecule has 0 unspecified atom stereocenters. The van der Waals surface area contributed by atoms with Gasteiger partial charge in [-0.2, -0.15) is 4.98 Å². The Balaban J connectivity index is 1.71. The first-order valence-corrected chi connectivity index (χ1v) is 7.16. The van der Waals surface area contributed by atoms with Crippen LogP contribution in [0, 0.1) is 0 Å². The third kappa shape index (κ3) is 2.93.